The Morgan fingerprint density at radius 2 is 1.71 bits per heavy atom. The molecule has 3 nitrogen and oxygen atoms in total. The standard InChI is InChI=1S/C19H19N3S.ClH/c1-22(15-9-6-10-16(13-15)23-2)19(20)21-18-12-5-8-14-7-3-4-11-17(14)18;/h3-13H,1-2H3,(H2,20,21);1H. The first kappa shape index (κ1) is 18.2. The zero-order valence-electron chi connectivity index (χ0n) is 13.6. The average molecular weight is 358 g/mol. The molecule has 0 saturated heterocycles. The van der Waals surface area contributed by atoms with Gasteiger partial charge in [-0.15, -0.1) is 24.2 Å². The molecule has 0 amide bonds. The lowest BCUT2D eigenvalue weighted by Gasteiger charge is -2.19. The predicted molar refractivity (Wildman–Crippen MR) is 109 cm³/mol. The summed E-state index contributed by atoms with van der Waals surface area (Å²) in [6.45, 7) is 0. The molecule has 3 aromatic carbocycles. The van der Waals surface area contributed by atoms with Gasteiger partial charge in [-0.3, -0.25) is 0 Å². The molecular formula is C19H20ClN3S. The summed E-state index contributed by atoms with van der Waals surface area (Å²) in [4.78, 5) is 7.74. The van der Waals surface area contributed by atoms with Crippen molar-refractivity contribution in [3.63, 3.8) is 0 Å². The second-order valence-corrected chi connectivity index (χ2v) is 6.11. The van der Waals surface area contributed by atoms with Crippen molar-refractivity contribution in [2.75, 3.05) is 18.2 Å². The predicted octanol–water partition coefficient (Wildman–Crippen LogP) is 5.07. The van der Waals surface area contributed by atoms with E-state index < -0.39 is 0 Å². The third kappa shape index (κ3) is 3.83. The molecule has 5 heteroatoms. The van der Waals surface area contributed by atoms with Crippen LogP contribution in [0.4, 0.5) is 11.4 Å². The number of hydrogen-bond acceptors (Lipinski definition) is 2. The van der Waals surface area contributed by atoms with E-state index in [4.69, 9.17) is 5.73 Å². The number of hydrogen-bond donors (Lipinski definition) is 1. The molecule has 0 aromatic heterocycles. The molecule has 3 aromatic rings. The SMILES string of the molecule is CSc1cccc(N(C)C(N)=Nc2cccc3ccccc23)c1.Cl. The van der Waals surface area contributed by atoms with E-state index in [1.54, 1.807) is 11.8 Å². The highest BCUT2D eigenvalue weighted by atomic mass is 35.5. The van der Waals surface area contributed by atoms with Gasteiger partial charge in [-0.1, -0.05) is 42.5 Å². The van der Waals surface area contributed by atoms with Gasteiger partial charge in [0.15, 0.2) is 0 Å². The summed E-state index contributed by atoms with van der Waals surface area (Å²) in [5.74, 6) is 0.472. The number of nitrogens with two attached hydrogens (primary N) is 1. The number of rotatable bonds is 3. The van der Waals surface area contributed by atoms with Crippen LogP contribution in [0.3, 0.4) is 0 Å². The fourth-order valence-electron chi connectivity index (χ4n) is 2.46. The summed E-state index contributed by atoms with van der Waals surface area (Å²) < 4.78 is 0. The van der Waals surface area contributed by atoms with Crippen LogP contribution < -0.4 is 10.6 Å². The molecule has 0 aliphatic carbocycles. The Hall–Kier alpha value is -2.17. The van der Waals surface area contributed by atoms with Gasteiger partial charge in [0, 0.05) is 23.0 Å². The normalized spacial score (nSPS) is 11.2. The van der Waals surface area contributed by atoms with Crippen molar-refractivity contribution in [3.05, 3.63) is 66.7 Å². The Labute approximate surface area is 153 Å². The quantitative estimate of drug-likeness (QED) is 0.404. The van der Waals surface area contributed by atoms with Crippen molar-refractivity contribution in [3.8, 4) is 0 Å². The molecule has 0 fully saturated rings. The Bertz CT molecular complexity index is 859. The molecule has 0 aliphatic heterocycles. The van der Waals surface area contributed by atoms with Gasteiger partial charge in [-0.25, -0.2) is 4.99 Å². The molecule has 3 rings (SSSR count). The number of aliphatic imine (C=N–C) groups is 1. The average Bonchev–Trinajstić information content (AvgIpc) is 2.61. The molecule has 0 aliphatic rings. The van der Waals surface area contributed by atoms with Crippen molar-refractivity contribution in [2.24, 2.45) is 10.7 Å². The van der Waals surface area contributed by atoms with Crippen molar-refractivity contribution in [1.29, 1.82) is 0 Å². The van der Waals surface area contributed by atoms with E-state index in [0.717, 1.165) is 22.1 Å². The Morgan fingerprint density at radius 1 is 1.00 bits per heavy atom. The lowest BCUT2D eigenvalue weighted by Crippen LogP contribution is -2.33. The Kier molecular flexibility index (Phi) is 6.12. The molecule has 2 N–H and O–H groups in total. The minimum atomic E-state index is 0. The fraction of sp³-hybridized carbons (Fsp3) is 0.105. The Balaban J connectivity index is 0.00000208. The smallest absolute Gasteiger partial charge is 0.200 e. The lowest BCUT2D eigenvalue weighted by molar-refractivity contribution is 1.21. The van der Waals surface area contributed by atoms with Crippen molar-refractivity contribution in [2.45, 2.75) is 4.90 Å². The van der Waals surface area contributed by atoms with Crippen LogP contribution in [-0.4, -0.2) is 19.3 Å². The first-order chi connectivity index (χ1) is 11.2. The third-order valence-corrected chi connectivity index (χ3v) is 4.51. The largest absolute Gasteiger partial charge is 0.369 e. The van der Waals surface area contributed by atoms with Gasteiger partial charge in [0.2, 0.25) is 5.96 Å². The second-order valence-electron chi connectivity index (χ2n) is 5.23. The van der Waals surface area contributed by atoms with E-state index >= 15 is 0 Å². The number of nitrogens with zero attached hydrogens (tertiary/aromatic N) is 2. The first-order valence-corrected chi connectivity index (χ1v) is 8.61. The van der Waals surface area contributed by atoms with Crippen molar-refractivity contribution < 1.29 is 0 Å². The molecule has 0 bridgehead atoms. The van der Waals surface area contributed by atoms with Crippen LogP contribution in [0.25, 0.3) is 10.8 Å². The van der Waals surface area contributed by atoms with Gasteiger partial charge < -0.3 is 10.6 Å². The van der Waals surface area contributed by atoms with Crippen LogP contribution in [-0.2, 0) is 0 Å². The first-order valence-electron chi connectivity index (χ1n) is 7.39. The summed E-state index contributed by atoms with van der Waals surface area (Å²) in [6.07, 6.45) is 2.06. The van der Waals surface area contributed by atoms with Crippen LogP contribution >= 0.6 is 24.2 Å². The maximum absolute atomic E-state index is 6.23. The van der Waals surface area contributed by atoms with Gasteiger partial charge in [-0.2, -0.15) is 0 Å². The van der Waals surface area contributed by atoms with Gasteiger partial charge in [-0.05, 0) is 35.9 Å². The highest BCUT2D eigenvalue weighted by molar-refractivity contribution is 7.98. The number of thioether (sulfide) groups is 1. The third-order valence-electron chi connectivity index (χ3n) is 3.79. The molecule has 0 atom stereocenters. The molecular weight excluding hydrogens is 338 g/mol. The van der Waals surface area contributed by atoms with Crippen LogP contribution in [0.2, 0.25) is 0 Å². The summed E-state index contributed by atoms with van der Waals surface area (Å²) in [7, 11) is 1.93. The van der Waals surface area contributed by atoms with Gasteiger partial charge in [0.05, 0.1) is 5.69 Å². The summed E-state index contributed by atoms with van der Waals surface area (Å²) in [5, 5.41) is 2.26. The second kappa shape index (κ2) is 8.08. The van der Waals surface area contributed by atoms with E-state index in [1.165, 1.54) is 4.90 Å². The molecule has 0 radical (unpaired) electrons. The minimum absolute atomic E-state index is 0. The number of benzene rings is 3. The van der Waals surface area contributed by atoms with Crippen LogP contribution in [0.5, 0.6) is 0 Å². The van der Waals surface area contributed by atoms with Crippen molar-refractivity contribution >= 4 is 52.3 Å². The molecule has 0 heterocycles. The van der Waals surface area contributed by atoms with Crippen molar-refractivity contribution in [1.82, 2.24) is 0 Å². The topological polar surface area (TPSA) is 41.6 Å². The number of guanidine groups is 1. The Morgan fingerprint density at radius 3 is 2.50 bits per heavy atom. The molecule has 124 valence electrons. The molecule has 24 heavy (non-hydrogen) atoms. The molecule has 0 saturated carbocycles. The number of anilines is 1. The highest BCUT2D eigenvalue weighted by Gasteiger charge is 2.07. The summed E-state index contributed by atoms with van der Waals surface area (Å²) >= 11 is 1.71. The van der Waals surface area contributed by atoms with E-state index in [0.29, 0.717) is 5.96 Å². The van der Waals surface area contributed by atoms with E-state index in [-0.39, 0.29) is 12.4 Å². The molecule has 0 spiro atoms. The zero-order valence-corrected chi connectivity index (χ0v) is 15.3. The minimum Gasteiger partial charge on any atom is -0.369 e. The van der Waals surface area contributed by atoms with E-state index in [9.17, 15) is 0 Å². The molecule has 0 unspecified atom stereocenters. The van der Waals surface area contributed by atoms with Gasteiger partial charge in [0.25, 0.3) is 0 Å². The van der Waals surface area contributed by atoms with Gasteiger partial charge in [0.1, 0.15) is 0 Å². The fourth-order valence-corrected chi connectivity index (χ4v) is 2.91. The van der Waals surface area contributed by atoms with E-state index in [1.807, 2.05) is 48.3 Å². The van der Waals surface area contributed by atoms with E-state index in [2.05, 4.69) is 41.6 Å². The highest BCUT2D eigenvalue weighted by Crippen LogP contribution is 2.26. The number of halogens is 1. The summed E-state index contributed by atoms with van der Waals surface area (Å²) in [6, 6.07) is 22.5. The zero-order chi connectivity index (χ0) is 16.2. The van der Waals surface area contributed by atoms with Crippen LogP contribution in [0.1, 0.15) is 0 Å². The maximum Gasteiger partial charge on any atom is 0.200 e. The van der Waals surface area contributed by atoms with Gasteiger partial charge >= 0.3 is 0 Å². The number of fused-ring (bicyclic) bond motifs is 1. The van der Waals surface area contributed by atoms with Crippen LogP contribution in [0, 0.1) is 0 Å². The van der Waals surface area contributed by atoms with Crippen LogP contribution in [0.15, 0.2) is 76.6 Å². The maximum atomic E-state index is 6.23. The lowest BCUT2D eigenvalue weighted by atomic mass is 10.1. The monoisotopic (exact) mass is 357 g/mol. The summed E-state index contributed by atoms with van der Waals surface area (Å²) in [5.41, 5.74) is 8.14.